The number of aliphatic hydroxyl groups is 2. The van der Waals surface area contributed by atoms with Crippen LogP contribution in [0, 0.1) is 46.3 Å². The van der Waals surface area contributed by atoms with Crippen molar-refractivity contribution < 1.29 is 24.5 Å². The van der Waals surface area contributed by atoms with E-state index in [1.54, 1.807) is 6.08 Å². The third kappa shape index (κ3) is 4.22. The highest BCUT2D eigenvalue weighted by atomic mass is 16.6. The van der Waals surface area contributed by atoms with Crippen molar-refractivity contribution >= 4 is 11.8 Å². The van der Waals surface area contributed by atoms with Gasteiger partial charge in [-0.15, -0.1) is 0 Å². The molecule has 0 unspecified atom stereocenters. The number of ketones is 1. The van der Waals surface area contributed by atoms with Crippen LogP contribution < -0.4 is 0 Å². The number of ether oxygens (including phenoxy) is 1. The van der Waals surface area contributed by atoms with E-state index in [1.807, 2.05) is 0 Å². The van der Waals surface area contributed by atoms with Gasteiger partial charge in [0.1, 0.15) is 6.10 Å². The molecule has 3 saturated carbocycles. The zero-order valence-corrected chi connectivity index (χ0v) is 23.4. The van der Waals surface area contributed by atoms with E-state index in [4.69, 9.17) is 4.74 Å². The Morgan fingerprint density at radius 3 is 2.50 bits per heavy atom. The molecule has 202 valence electrons. The molecule has 2 N–H and O–H groups in total. The number of rotatable bonds is 6. The lowest BCUT2D eigenvalue weighted by Gasteiger charge is -2.60. The van der Waals surface area contributed by atoms with Gasteiger partial charge in [0.05, 0.1) is 11.7 Å². The monoisotopic (exact) mass is 500 g/mol. The van der Waals surface area contributed by atoms with Gasteiger partial charge in [-0.1, -0.05) is 60.1 Å². The smallest absolute Gasteiger partial charge is 0.302 e. The molecule has 0 heterocycles. The first-order valence-electron chi connectivity index (χ1n) is 14.3. The molecule has 4 aliphatic carbocycles. The first kappa shape index (κ1) is 27.6. The standard InChI is InChI=1S/C31H48O5/c1-8-18(2)19(3)9-10-20(4)22-12-14-31(35)24-15-26(33)25-16-27(34)28(36-21(5)32)17-29(25,6)23(24)11-13-30(22,31)7/h9-10,15,18-20,22-23,25,27-28,34-35H,8,11-14,16-17H2,1-7H3/b10-9+/t18-,19+,20-,22-,23+,25-,27-,28+,29-,30-,31-/m0/s1. The molecule has 36 heavy (non-hydrogen) atoms. The van der Waals surface area contributed by atoms with Crippen LogP contribution in [0.15, 0.2) is 23.8 Å². The van der Waals surface area contributed by atoms with Gasteiger partial charge >= 0.3 is 5.97 Å². The topological polar surface area (TPSA) is 83.8 Å². The zero-order chi connectivity index (χ0) is 26.6. The fraction of sp³-hybridized carbons (Fsp3) is 0.806. The van der Waals surface area contributed by atoms with Crippen LogP contribution in [0.5, 0.6) is 0 Å². The van der Waals surface area contributed by atoms with E-state index >= 15 is 0 Å². The van der Waals surface area contributed by atoms with E-state index in [-0.39, 0.29) is 23.0 Å². The van der Waals surface area contributed by atoms with Crippen LogP contribution in [-0.2, 0) is 14.3 Å². The molecule has 0 radical (unpaired) electrons. The van der Waals surface area contributed by atoms with E-state index < -0.39 is 29.2 Å². The summed E-state index contributed by atoms with van der Waals surface area (Å²) in [7, 11) is 0. The van der Waals surface area contributed by atoms with Crippen molar-refractivity contribution in [2.24, 2.45) is 46.3 Å². The third-order valence-electron chi connectivity index (χ3n) is 11.4. The fourth-order valence-corrected chi connectivity index (χ4v) is 8.61. The molecular formula is C31H48O5. The summed E-state index contributed by atoms with van der Waals surface area (Å²) in [4.78, 5) is 25.2. The number of fused-ring (bicyclic) bond motifs is 5. The molecule has 0 aromatic rings. The van der Waals surface area contributed by atoms with Gasteiger partial charge in [0.25, 0.3) is 0 Å². The molecule has 0 aromatic heterocycles. The number of carbonyl (C=O) groups is 2. The average Bonchev–Trinajstić information content (AvgIpc) is 3.09. The zero-order valence-electron chi connectivity index (χ0n) is 23.4. The molecule has 3 fully saturated rings. The second-order valence-corrected chi connectivity index (χ2v) is 13.2. The maximum atomic E-state index is 13.5. The predicted molar refractivity (Wildman–Crippen MR) is 141 cm³/mol. The van der Waals surface area contributed by atoms with Crippen molar-refractivity contribution in [2.75, 3.05) is 0 Å². The van der Waals surface area contributed by atoms with Crippen LogP contribution in [-0.4, -0.2) is 39.8 Å². The highest BCUT2D eigenvalue weighted by Crippen LogP contribution is 2.68. The quantitative estimate of drug-likeness (QED) is 0.364. The Hall–Kier alpha value is -1.46. The molecule has 0 saturated heterocycles. The summed E-state index contributed by atoms with van der Waals surface area (Å²) >= 11 is 0. The molecule has 0 aromatic carbocycles. The lowest BCUT2D eigenvalue weighted by molar-refractivity contribution is -0.173. The van der Waals surface area contributed by atoms with Crippen molar-refractivity contribution in [3.05, 3.63) is 23.8 Å². The molecule has 5 nitrogen and oxygen atoms in total. The van der Waals surface area contributed by atoms with Crippen LogP contribution in [0.4, 0.5) is 0 Å². The largest absolute Gasteiger partial charge is 0.460 e. The molecule has 0 aliphatic heterocycles. The first-order valence-corrected chi connectivity index (χ1v) is 14.3. The second kappa shape index (κ2) is 9.69. The van der Waals surface area contributed by atoms with Gasteiger partial charge < -0.3 is 14.9 Å². The van der Waals surface area contributed by atoms with Gasteiger partial charge in [-0.2, -0.15) is 0 Å². The van der Waals surface area contributed by atoms with Crippen molar-refractivity contribution in [3.63, 3.8) is 0 Å². The number of hydrogen-bond donors (Lipinski definition) is 2. The van der Waals surface area contributed by atoms with Gasteiger partial charge in [0.2, 0.25) is 0 Å². The SMILES string of the molecule is CC[C@H](C)[C@H](C)/C=C/[C@H](C)[C@@H]1CC[C@]2(O)C3=CC(=O)[C@@H]4C[C@H](O)[C@H](OC(C)=O)C[C@@]4(C)[C@@H]3CC[C@@]12C. The van der Waals surface area contributed by atoms with Crippen molar-refractivity contribution in [3.8, 4) is 0 Å². The maximum Gasteiger partial charge on any atom is 0.302 e. The normalized spacial score (nSPS) is 44.8. The van der Waals surface area contributed by atoms with E-state index in [0.29, 0.717) is 42.9 Å². The number of allylic oxidation sites excluding steroid dienone is 3. The molecular weight excluding hydrogens is 452 g/mol. The summed E-state index contributed by atoms with van der Waals surface area (Å²) in [6.07, 6.45) is 10.4. The highest BCUT2D eigenvalue weighted by Gasteiger charge is 2.67. The first-order chi connectivity index (χ1) is 16.8. The molecule has 0 spiro atoms. The Balaban J connectivity index is 1.63. The van der Waals surface area contributed by atoms with Crippen LogP contribution in [0.2, 0.25) is 0 Å². The summed E-state index contributed by atoms with van der Waals surface area (Å²) in [5.74, 6) is 1.25. The lowest BCUT2D eigenvalue weighted by atomic mass is 9.46. The van der Waals surface area contributed by atoms with Gasteiger partial charge in [0.15, 0.2) is 5.78 Å². The van der Waals surface area contributed by atoms with Gasteiger partial charge in [-0.25, -0.2) is 0 Å². The van der Waals surface area contributed by atoms with E-state index in [0.717, 1.165) is 24.8 Å². The Bertz CT molecular complexity index is 937. The van der Waals surface area contributed by atoms with Crippen LogP contribution in [0.25, 0.3) is 0 Å². The summed E-state index contributed by atoms with van der Waals surface area (Å²) in [6, 6.07) is 0. The van der Waals surface area contributed by atoms with Crippen LogP contribution in [0.3, 0.4) is 0 Å². The van der Waals surface area contributed by atoms with Crippen LogP contribution >= 0.6 is 0 Å². The molecule has 11 atom stereocenters. The van der Waals surface area contributed by atoms with Gasteiger partial charge in [-0.3, -0.25) is 9.59 Å². The minimum absolute atomic E-state index is 0.0144. The van der Waals surface area contributed by atoms with Gasteiger partial charge in [0, 0.05) is 18.3 Å². The molecule has 0 amide bonds. The van der Waals surface area contributed by atoms with Gasteiger partial charge in [-0.05, 0) is 85.2 Å². The number of carbonyl (C=O) groups excluding carboxylic acids is 2. The Morgan fingerprint density at radius 2 is 1.86 bits per heavy atom. The summed E-state index contributed by atoms with van der Waals surface area (Å²) < 4.78 is 5.49. The minimum Gasteiger partial charge on any atom is -0.460 e. The molecule has 4 rings (SSSR count). The number of aliphatic hydroxyl groups excluding tert-OH is 1. The van der Waals surface area contributed by atoms with Crippen LogP contribution in [0.1, 0.15) is 93.4 Å². The number of hydrogen-bond acceptors (Lipinski definition) is 5. The Labute approximate surface area is 217 Å². The molecule has 5 heteroatoms. The average molecular weight is 501 g/mol. The fourth-order valence-electron chi connectivity index (χ4n) is 8.61. The van der Waals surface area contributed by atoms with E-state index in [9.17, 15) is 19.8 Å². The summed E-state index contributed by atoms with van der Waals surface area (Å²) in [5.41, 5.74) is -0.815. The Morgan fingerprint density at radius 1 is 1.17 bits per heavy atom. The number of esters is 1. The third-order valence-corrected chi connectivity index (χ3v) is 11.4. The minimum atomic E-state index is -0.998. The van der Waals surface area contributed by atoms with Crippen molar-refractivity contribution in [1.82, 2.24) is 0 Å². The summed E-state index contributed by atoms with van der Waals surface area (Å²) in [6.45, 7) is 14.8. The second-order valence-electron chi connectivity index (χ2n) is 13.2. The predicted octanol–water partition coefficient (Wildman–Crippen LogP) is 5.64. The van der Waals surface area contributed by atoms with Crippen molar-refractivity contribution in [1.29, 1.82) is 0 Å². The maximum absolute atomic E-state index is 13.5. The molecule has 4 aliphatic rings. The van der Waals surface area contributed by atoms with E-state index in [2.05, 4.69) is 53.7 Å². The van der Waals surface area contributed by atoms with Crippen molar-refractivity contribution in [2.45, 2.75) is 111 Å². The summed E-state index contributed by atoms with van der Waals surface area (Å²) in [5, 5.41) is 23.1. The molecule has 0 bridgehead atoms. The highest BCUT2D eigenvalue weighted by molar-refractivity contribution is 5.95. The Kier molecular flexibility index (Phi) is 7.42. The lowest BCUT2D eigenvalue weighted by Crippen LogP contribution is -2.61. The van der Waals surface area contributed by atoms with E-state index in [1.165, 1.54) is 13.3 Å².